The van der Waals surface area contributed by atoms with E-state index in [-0.39, 0.29) is 12.3 Å². The molecule has 1 unspecified atom stereocenters. The van der Waals surface area contributed by atoms with Gasteiger partial charge in [-0.25, -0.2) is 0 Å². The summed E-state index contributed by atoms with van der Waals surface area (Å²) in [5.74, 6) is -0.108. The molecule has 0 aliphatic heterocycles. The first-order valence-electron chi connectivity index (χ1n) is 5.73. The molecule has 0 aromatic carbocycles. The highest BCUT2D eigenvalue weighted by molar-refractivity contribution is 5.79. The van der Waals surface area contributed by atoms with E-state index in [0.29, 0.717) is 0 Å². The summed E-state index contributed by atoms with van der Waals surface area (Å²) in [7, 11) is 0. The van der Waals surface area contributed by atoms with Gasteiger partial charge in [0, 0.05) is 11.3 Å². The van der Waals surface area contributed by atoms with E-state index < -0.39 is 11.6 Å². The van der Waals surface area contributed by atoms with Crippen molar-refractivity contribution in [1.29, 1.82) is 0 Å². The van der Waals surface area contributed by atoms with Crippen LogP contribution in [-0.2, 0) is 11.2 Å². The molecule has 96 valence electrons. The first-order valence-corrected chi connectivity index (χ1v) is 5.73. The predicted octanol–water partition coefficient (Wildman–Crippen LogP) is 0.845. The molecule has 1 rings (SSSR count). The summed E-state index contributed by atoms with van der Waals surface area (Å²) < 4.78 is 0. The van der Waals surface area contributed by atoms with Gasteiger partial charge in [0.25, 0.3) is 0 Å². The third-order valence-corrected chi connectivity index (χ3v) is 3.12. The summed E-state index contributed by atoms with van der Waals surface area (Å²) in [6.07, 6.45) is -0.317. The molecule has 17 heavy (non-hydrogen) atoms. The Kier molecular flexibility index (Phi) is 3.93. The summed E-state index contributed by atoms with van der Waals surface area (Å²) in [5, 5.41) is 19.2. The zero-order valence-electron chi connectivity index (χ0n) is 11.1. The zero-order valence-corrected chi connectivity index (χ0v) is 11.1. The number of carbonyl (C=O) groups excluding carboxylic acids is 1. The maximum atomic E-state index is 11.9. The number of aliphatic hydroxyl groups excluding tert-OH is 1. The van der Waals surface area contributed by atoms with E-state index in [1.165, 1.54) is 0 Å². The van der Waals surface area contributed by atoms with Crippen LogP contribution in [0.15, 0.2) is 0 Å². The molecule has 5 nitrogen and oxygen atoms in total. The molecule has 1 heterocycles. The van der Waals surface area contributed by atoms with Gasteiger partial charge >= 0.3 is 0 Å². The molecule has 0 aliphatic carbocycles. The summed E-state index contributed by atoms with van der Waals surface area (Å²) in [6, 6.07) is 0. The van der Waals surface area contributed by atoms with Crippen molar-refractivity contribution in [2.75, 3.05) is 0 Å². The van der Waals surface area contributed by atoms with Crippen molar-refractivity contribution >= 4 is 5.91 Å². The topological polar surface area (TPSA) is 78.0 Å². The number of aromatic nitrogens is 2. The number of amides is 1. The van der Waals surface area contributed by atoms with Gasteiger partial charge in [-0.05, 0) is 34.6 Å². The van der Waals surface area contributed by atoms with Crippen molar-refractivity contribution in [1.82, 2.24) is 15.5 Å². The van der Waals surface area contributed by atoms with E-state index >= 15 is 0 Å². The highest BCUT2D eigenvalue weighted by Crippen LogP contribution is 2.12. The number of H-pyrrole nitrogens is 1. The lowest BCUT2D eigenvalue weighted by molar-refractivity contribution is -0.123. The Hall–Kier alpha value is -1.36. The van der Waals surface area contributed by atoms with E-state index in [0.717, 1.165) is 17.0 Å². The van der Waals surface area contributed by atoms with Crippen molar-refractivity contribution in [2.24, 2.45) is 0 Å². The predicted molar refractivity (Wildman–Crippen MR) is 65.7 cm³/mol. The normalized spacial score (nSPS) is 13.5. The Balaban J connectivity index is 2.69. The minimum absolute atomic E-state index is 0.108. The smallest absolute Gasteiger partial charge is 0.225 e. The Labute approximate surface area is 102 Å². The van der Waals surface area contributed by atoms with Crippen LogP contribution in [0.1, 0.15) is 37.7 Å². The second-order valence-electron chi connectivity index (χ2n) is 5.04. The lowest BCUT2D eigenvalue weighted by Gasteiger charge is -2.29. The van der Waals surface area contributed by atoms with Crippen LogP contribution in [0, 0.1) is 13.8 Å². The maximum Gasteiger partial charge on any atom is 0.225 e. The molecular weight excluding hydrogens is 218 g/mol. The van der Waals surface area contributed by atoms with Gasteiger partial charge in [0.1, 0.15) is 0 Å². The van der Waals surface area contributed by atoms with Crippen LogP contribution >= 0.6 is 0 Å². The molecule has 1 aromatic rings. The quantitative estimate of drug-likeness (QED) is 0.728. The van der Waals surface area contributed by atoms with Crippen LogP contribution in [0.5, 0.6) is 0 Å². The van der Waals surface area contributed by atoms with Crippen molar-refractivity contribution in [2.45, 2.75) is 52.7 Å². The molecule has 1 amide bonds. The first kappa shape index (κ1) is 13.7. The zero-order chi connectivity index (χ0) is 13.2. The lowest BCUT2D eigenvalue weighted by atomic mass is 9.98. The van der Waals surface area contributed by atoms with E-state index in [1.807, 2.05) is 13.8 Å². The first-order chi connectivity index (χ1) is 7.74. The number of nitrogens with one attached hydrogen (secondary N) is 2. The minimum Gasteiger partial charge on any atom is -0.391 e. The molecule has 0 spiro atoms. The van der Waals surface area contributed by atoms with Gasteiger partial charge in [0.05, 0.1) is 23.8 Å². The standard InChI is InChI=1S/C12H21N3O2/c1-7-10(8(2)15-14-7)6-11(17)13-12(4,5)9(3)16/h9,16H,6H2,1-5H3,(H,13,17)(H,14,15). The monoisotopic (exact) mass is 239 g/mol. The number of aliphatic hydroxyl groups is 1. The van der Waals surface area contributed by atoms with Crippen LogP contribution in [-0.4, -0.2) is 32.9 Å². The number of rotatable bonds is 4. The van der Waals surface area contributed by atoms with Gasteiger partial charge in [0.2, 0.25) is 5.91 Å². The van der Waals surface area contributed by atoms with Crippen molar-refractivity contribution in [3.05, 3.63) is 17.0 Å². The summed E-state index contributed by atoms with van der Waals surface area (Å²) in [4.78, 5) is 11.9. The summed E-state index contributed by atoms with van der Waals surface area (Å²) in [6.45, 7) is 9.01. The van der Waals surface area contributed by atoms with E-state index in [9.17, 15) is 9.90 Å². The fourth-order valence-electron chi connectivity index (χ4n) is 1.50. The SMILES string of the molecule is Cc1n[nH]c(C)c1CC(=O)NC(C)(C)C(C)O. The Morgan fingerprint density at radius 3 is 2.53 bits per heavy atom. The van der Waals surface area contributed by atoms with Crippen LogP contribution in [0.4, 0.5) is 0 Å². The fraction of sp³-hybridized carbons (Fsp3) is 0.667. The van der Waals surface area contributed by atoms with Crippen molar-refractivity contribution in [3.63, 3.8) is 0 Å². The average molecular weight is 239 g/mol. The molecule has 3 N–H and O–H groups in total. The number of aromatic amines is 1. The third kappa shape index (κ3) is 3.30. The van der Waals surface area contributed by atoms with E-state index in [1.54, 1.807) is 20.8 Å². The van der Waals surface area contributed by atoms with Gasteiger partial charge < -0.3 is 10.4 Å². The van der Waals surface area contributed by atoms with Gasteiger partial charge in [-0.15, -0.1) is 0 Å². The lowest BCUT2D eigenvalue weighted by Crippen LogP contribution is -2.51. The van der Waals surface area contributed by atoms with Crippen LogP contribution in [0.3, 0.4) is 0 Å². The van der Waals surface area contributed by atoms with Gasteiger partial charge in [-0.1, -0.05) is 0 Å². The maximum absolute atomic E-state index is 11.9. The Morgan fingerprint density at radius 2 is 2.12 bits per heavy atom. The number of hydrogen-bond donors (Lipinski definition) is 3. The second-order valence-corrected chi connectivity index (χ2v) is 5.04. The van der Waals surface area contributed by atoms with Gasteiger partial charge in [-0.3, -0.25) is 9.89 Å². The molecular formula is C12H21N3O2. The molecule has 0 saturated carbocycles. The molecule has 0 bridgehead atoms. The van der Waals surface area contributed by atoms with Crippen LogP contribution in [0.25, 0.3) is 0 Å². The fourth-order valence-corrected chi connectivity index (χ4v) is 1.50. The molecule has 5 heteroatoms. The highest BCUT2D eigenvalue weighted by Gasteiger charge is 2.26. The molecule has 0 radical (unpaired) electrons. The molecule has 0 aliphatic rings. The van der Waals surface area contributed by atoms with Crippen molar-refractivity contribution < 1.29 is 9.90 Å². The minimum atomic E-state index is -0.622. The second kappa shape index (κ2) is 4.87. The van der Waals surface area contributed by atoms with Crippen LogP contribution < -0.4 is 5.32 Å². The Morgan fingerprint density at radius 1 is 1.53 bits per heavy atom. The van der Waals surface area contributed by atoms with Crippen LogP contribution in [0.2, 0.25) is 0 Å². The number of hydrogen-bond acceptors (Lipinski definition) is 3. The number of carbonyl (C=O) groups is 1. The number of nitrogens with zero attached hydrogens (tertiary/aromatic N) is 1. The summed E-state index contributed by atoms with van der Waals surface area (Å²) >= 11 is 0. The molecule has 0 fully saturated rings. The largest absolute Gasteiger partial charge is 0.391 e. The average Bonchev–Trinajstić information content (AvgIpc) is 2.48. The highest BCUT2D eigenvalue weighted by atomic mass is 16.3. The Bertz CT molecular complexity index is 388. The number of aryl methyl sites for hydroxylation is 2. The van der Waals surface area contributed by atoms with E-state index in [2.05, 4.69) is 15.5 Å². The van der Waals surface area contributed by atoms with Gasteiger partial charge in [-0.2, -0.15) is 5.10 Å². The van der Waals surface area contributed by atoms with E-state index in [4.69, 9.17) is 0 Å². The van der Waals surface area contributed by atoms with Crippen molar-refractivity contribution in [3.8, 4) is 0 Å². The molecule has 0 saturated heterocycles. The summed E-state index contributed by atoms with van der Waals surface area (Å²) in [5.41, 5.74) is 2.05. The molecule has 1 aromatic heterocycles. The van der Waals surface area contributed by atoms with Gasteiger partial charge in [0.15, 0.2) is 0 Å². The molecule has 1 atom stereocenters. The third-order valence-electron chi connectivity index (χ3n) is 3.12.